The number of carbonyl (C=O) groups is 2. The number of anilines is 2. The van der Waals surface area contributed by atoms with Crippen LogP contribution in [0.4, 0.5) is 15.9 Å². The molecule has 13 nitrogen and oxygen atoms in total. The van der Waals surface area contributed by atoms with Crippen LogP contribution in [0.25, 0.3) is 27.7 Å². The van der Waals surface area contributed by atoms with Crippen LogP contribution in [0.2, 0.25) is 0 Å². The van der Waals surface area contributed by atoms with Gasteiger partial charge in [0.15, 0.2) is 17.3 Å². The molecular formula is C32H29FN8O5. The number of hydrogen-bond donors (Lipinski definition) is 2. The predicted octanol–water partition coefficient (Wildman–Crippen LogP) is 4.16. The minimum absolute atomic E-state index is 0.0930. The SMILES string of the molecule is CCn1c2c(C(=O)Nc3cccc(C(=O)Nc4ccn(C)n4)c3F)nc(C)cc2c(=O)n1-c1ccc(-c2c(C)on(C)c2=O)cc1. The van der Waals surface area contributed by atoms with Crippen LogP contribution in [0.3, 0.4) is 0 Å². The lowest BCUT2D eigenvalue weighted by molar-refractivity contribution is 0.101. The molecule has 6 aromatic rings. The number of nitrogens with zero attached hydrogens (tertiary/aromatic N) is 6. The van der Waals surface area contributed by atoms with Gasteiger partial charge in [-0.25, -0.2) is 14.1 Å². The van der Waals surface area contributed by atoms with E-state index in [1.165, 1.54) is 34.6 Å². The molecule has 0 saturated carbocycles. The van der Waals surface area contributed by atoms with Gasteiger partial charge in [0.25, 0.3) is 22.9 Å². The standard InChI is InChI=1S/C32H29FN8O5/c1-6-40-28-22(31(44)41(40)20-12-10-19(11-13-20)25-18(3)46-39(5)32(25)45)16-17(2)34-27(28)30(43)35-23-9-7-8-21(26(23)33)29(42)36-24-14-15-38(4)37-24/h7-16H,6H2,1-5H3,(H,35,43)(H,36,37,42). The van der Waals surface area contributed by atoms with Gasteiger partial charge < -0.3 is 15.2 Å². The van der Waals surface area contributed by atoms with Crippen molar-refractivity contribution in [3.63, 3.8) is 0 Å². The molecule has 0 radical (unpaired) electrons. The maximum absolute atomic E-state index is 15.5. The molecule has 0 aliphatic carbocycles. The second-order valence-electron chi connectivity index (χ2n) is 10.7. The summed E-state index contributed by atoms with van der Waals surface area (Å²) in [7, 11) is 3.21. The van der Waals surface area contributed by atoms with Gasteiger partial charge in [-0.3, -0.25) is 28.5 Å². The third-order valence-corrected chi connectivity index (χ3v) is 7.53. The molecule has 2 amide bonds. The van der Waals surface area contributed by atoms with Crippen molar-refractivity contribution in [1.82, 2.24) is 28.9 Å². The zero-order chi connectivity index (χ0) is 32.9. The summed E-state index contributed by atoms with van der Waals surface area (Å²) in [6.45, 7) is 5.44. The van der Waals surface area contributed by atoms with Gasteiger partial charge in [0.2, 0.25) is 0 Å². The minimum atomic E-state index is -0.943. The van der Waals surface area contributed by atoms with Crippen molar-refractivity contribution in [2.24, 2.45) is 14.1 Å². The molecule has 234 valence electrons. The fraction of sp³-hybridized carbons (Fsp3) is 0.188. The number of aryl methyl sites for hydroxylation is 5. The summed E-state index contributed by atoms with van der Waals surface area (Å²) in [5, 5.41) is 9.36. The molecule has 0 atom stereocenters. The van der Waals surface area contributed by atoms with E-state index in [0.717, 1.165) is 4.74 Å². The smallest absolute Gasteiger partial charge is 0.290 e. The summed E-state index contributed by atoms with van der Waals surface area (Å²) >= 11 is 0. The molecule has 4 aromatic heterocycles. The van der Waals surface area contributed by atoms with E-state index in [9.17, 15) is 19.2 Å². The summed E-state index contributed by atoms with van der Waals surface area (Å²) in [5.41, 5.74) is 0.892. The van der Waals surface area contributed by atoms with Crippen LogP contribution in [-0.2, 0) is 20.6 Å². The average molecular weight is 625 g/mol. The molecule has 2 N–H and O–H groups in total. The zero-order valence-electron chi connectivity index (χ0n) is 25.6. The Morgan fingerprint density at radius 3 is 2.33 bits per heavy atom. The minimum Gasteiger partial charge on any atom is -0.381 e. The van der Waals surface area contributed by atoms with E-state index in [2.05, 4.69) is 20.7 Å². The van der Waals surface area contributed by atoms with E-state index in [-0.39, 0.29) is 51.3 Å². The first-order chi connectivity index (χ1) is 22.0. The van der Waals surface area contributed by atoms with Crippen LogP contribution in [0, 0.1) is 19.7 Å². The number of carbonyl (C=O) groups excluding carboxylic acids is 2. The molecule has 0 aliphatic rings. The quantitative estimate of drug-likeness (QED) is 0.271. The highest BCUT2D eigenvalue weighted by atomic mass is 19.1. The summed E-state index contributed by atoms with van der Waals surface area (Å²) in [5.74, 6) is -1.75. The lowest BCUT2D eigenvalue weighted by atomic mass is 10.1. The Balaban J connectivity index is 1.38. The van der Waals surface area contributed by atoms with Crippen LogP contribution in [0.5, 0.6) is 0 Å². The summed E-state index contributed by atoms with van der Waals surface area (Å²) in [6, 6.07) is 14.0. The molecular weight excluding hydrogens is 595 g/mol. The molecule has 0 fully saturated rings. The van der Waals surface area contributed by atoms with E-state index in [0.29, 0.717) is 28.3 Å². The molecule has 14 heteroatoms. The van der Waals surface area contributed by atoms with Crippen LogP contribution in [-0.4, -0.2) is 40.7 Å². The van der Waals surface area contributed by atoms with Crippen molar-refractivity contribution in [2.75, 3.05) is 10.6 Å². The van der Waals surface area contributed by atoms with Gasteiger partial charge in [-0.2, -0.15) is 9.84 Å². The number of halogens is 1. The molecule has 0 spiro atoms. The second kappa shape index (κ2) is 11.5. The molecule has 2 aromatic carbocycles. The third kappa shape index (κ3) is 5.08. The highest BCUT2D eigenvalue weighted by Gasteiger charge is 2.25. The normalized spacial score (nSPS) is 11.3. The van der Waals surface area contributed by atoms with E-state index < -0.39 is 17.6 Å². The topological polar surface area (TPSA) is 151 Å². The Bertz CT molecular complexity index is 2290. The predicted molar refractivity (Wildman–Crippen MR) is 169 cm³/mol. The van der Waals surface area contributed by atoms with Crippen LogP contribution >= 0.6 is 0 Å². The highest BCUT2D eigenvalue weighted by Crippen LogP contribution is 2.25. The molecule has 0 aliphatic heterocycles. The van der Waals surface area contributed by atoms with E-state index in [1.807, 2.05) is 6.92 Å². The highest BCUT2D eigenvalue weighted by molar-refractivity contribution is 6.11. The zero-order valence-corrected chi connectivity index (χ0v) is 25.6. The van der Waals surface area contributed by atoms with Gasteiger partial charge >= 0.3 is 0 Å². The fourth-order valence-electron chi connectivity index (χ4n) is 5.48. The maximum Gasteiger partial charge on any atom is 0.290 e. The summed E-state index contributed by atoms with van der Waals surface area (Å²) < 4.78 is 26.6. The number of nitrogens with one attached hydrogen (secondary N) is 2. The second-order valence-corrected chi connectivity index (χ2v) is 10.7. The summed E-state index contributed by atoms with van der Waals surface area (Å²) in [4.78, 5) is 57.2. The van der Waals surface area contributed by atoms with Crippen molar-refractivity contribution >= 4 is 34.2 Å². The van der Waals surface area contributed by atoms with Crippen LogP contribution in [0.1, 0.15) is 39.2 Å². The van der Waals surface area contributed by atoms with Gasteiger partial charge in [0.1, 0.15) is 11.3 Å². The molecule has 0 saturated heterocycles. The Labute approximate surface area is 260 Å². The Morgan fingerprint density at radius 2 is 1.70 bits per heavy atom. The van der Waals surface area contributed by atoms with Gasteiger partial charge in [0.05, 0.1) is 27.9 Å². The van der Waals surface area contributed by atoms with Crippen molar-refractivity contribution in [3.8, 4) is 16.8 Å². The number of rotatable bonds is 7. The molecule has 0 unspecified atom stereocenters. The van der Waals surface area contributed by atoms with Crippen LogP contribution in [0.15, 0.2) is 74.9 Å². The lowest BCUT2D eigenvalue weighted by Crippen LogP contribution is -2.21. The average Bonchev–Trinajstić information content (AvgIpc) is 3.65. The van der Waals surface area contributed by atoms with Gasteiger partial charge in [-0.1, -0.05) is 18.2 Å². The lowest BCUT2D eigenvalue weighted by Gasteiger charge is -2.14. The first-order valence-electron chi connectivity index (χ1n) is 14.3. The number of aromatic nitrogens is 6. The van der Waals surface area contributed by atoms with Crippen molar-refractivity contribution < 1.29 is 18.5 Å². The van der Waals surface area contributed by atoms with E-state index in [1.54, 1.807) is 68.2 Å². The maximum atomic E-state index is 15.5. The number of amides is 2. The summed E-state index contributed by atoms with van der Waals surface area (Å²) in [6.07, 6.45) is 1.63. The number of pyridine rings is 1. The molecule has 46 heavy (non-hydrogen) atoms. The van der Waals surface area contributed by atoms with Gasteiger partial charge in [-0.05, 0) is 56.7 Å². The van der Waals surface area contributed by atoms with Gasteiger partial charge in [-0.15, -0.1) is 0 Å². The third-order valence-electron chi connectivity index (χ3n) is 7.53. The van der Waals surface area contributed by atoms with Crippen molar-refractivity contribution in [2.45, 2.75) is 27.3 Å². The number of benzene rings is 2. The number of hydrogen-bond acceptors (Lipinski definition) is 7. The van der Waals surface area contributed by atoms with E-state index in [4.69, 9.17) is 4.52 Å². The van der Waals surface area contributed by atoms with E-state index >= 15 is 4.39 Å². The largest absolute Gasteiger partial charge is 0.381 e. The fourth-order valence-corrected chi connectivity index (χ4v) is 5.48. The molecule has 0 bridgehead atoms. The van der Waals surface area contributed by atoms with Gasteiger partial charge in [0, 0.05) is 38.6 Å². The first-order valence-corrected chi connectivity index (χ1v) is 14.3. The van der Waals surface area contributed by atoms with Crippen molar-refractivity contribution in [3.05, 3.63) is 110 Å². The van der Waals surface area contributed by atoms with Crippen molar-refractivity contribution in [1.29, 1.82) is 0 Å². The Hall–Kier alpha value is -6.05. The van der Waals surface area contributed by atoms with Crippen LogP contribution < -0.4 is 21.8 Å². The number of fused-ring (bicyclic) bond motifs is 1. The Kier molecular flexibility index (Phi) is 7.48. The molecule has 6 rings (SSSR count). The first kappa shape index (κ1) is 30.0. The monoisotopic (exact) mass is 624 g/mol. The molecule has 4 heterocycles. The Morgan fingerprint density at radius 1 is 0.957 bits per heavy atom.